The Morgan fingerprint density at radius 3 is 2.35 bits per heavy atom. The zero-order valence-corrected chi connectivity index (χ0v) is 12.9. The normalized spacial score (nSPS) is 10.7. The van der Waals surface area contributed by atoms with E-state index < -0.39 is 4.92 Å². The number of hydrogen-bond acceptors (Lipinski definition) is 4. The molecule has 0 heterocycles. The summed E-state index contributed by atoms with van der Waals surface area (Å²) in [5, 5.41) is 10.7. The van der Waals surface area contributed by atoms with Crippen molar-refractivity contribution in [2.24, 2.45) is 0 Å². The summed E-state index contributed by atoms with van der Waals surface area (Å²) in [5.74, 6) is -0.339. The first-order valence-corrected chi connectivity index (χ1v) is 6.53. The molecule has 0 N–H and O–H groups in total. The Morgan fingerprint density at radius 1 is 1.25 bits per heavy atom. The number of likely N-dealkylation sites (N-methyl/N-ethyl adjacent to an activating group) is 2. The fraction of sp³-hybridized carbons (Fsp3) is 0.417. The van der Waals surface area contributed by atoms with Gasteiger partial charge in [0.1, 0.15) is 5.02 Å². The molecule has 0 aliphatic heterocycles. The molecule has 0 bridgehead atoms. The average Bonchev–Trinajstić information content (AvgIpc) is 2.37. The van der Waals surface area contributed by atoms with Crippen molar-refractivity contribution in [2.45, 2.75) is 0 Å². The minimum atomic E-state index is -0.662. The Labute approximate surface area is 127 Å². The fourth-order valence-electron chi connectivity index (χ4n) is 1.50. The second kappa shape index (κ2) is 6.88. The van der Waals surface area contributed by atoms with E-state index >= 15 is 0 Å². The van der Waals surface area contributed by atoms with Crippen molar-refractivity contribution in [2.75, 3.05) is 34.2 Å². The van der Waals surface area contributed by atoms with E-state index in [1.807, 2.05) is 19.0 Å². The Hall–Kier alpha value is -1.37. The largest absolute Gasteiger partial charge is 0.340 e. The van der Waals surface area contributed by atoms with E-state index in [2.05, 4.69) is 0 Å². The molecule has 110 valence electrons. The molecule has 8 heteroatoms. The molecule has 0 radical (unpaired) electrons. The van der Waals surface area contributed by atoms with Crippen molar-refractivity contribution in [3.8, 4) is 0 Å². The summed E-state index contributed by atoms with van der Waals surface area (Å²) < 4.78 is 0. The molecule has 1 rings (SSSR count). The zero-order chi connectivity index (χ0) is 15.4. The van der Waals surface area contributed by atoms with Crippen molar-refractivity contribution < 1.29 is 9.72 Å². The topological polar surface area (TPSA) is 66.7 Å². The lowest BCUT2D eigenvalue weighted by Crippen LogP contribution is -2.33. The standard InChI is InChI=1S/C12H15Cl2N3O3/c1-15(2)4-5-16(3)12(18)8-6-9(13)11(14)10(7-8)17(19)20/h6-7H,4-5H2,1-3H3. The van der Waals surface area contributed by atoms with Crippen LogP contribution in [0.5, 0.6) is 0 Å². The lowest BCUT2D eigenvalue weighted by Gasteiger charge is -2.19. The maximum Gasteiger partial charge on any atom is 0.290 e. The van der Waals surface area contributed by atoms with Gasteiger partial charge in [0.15, 0.2) is 0 Å². The number of halogens is 2. The Bertz CT molecular complexity index is 535. The maximum absolute atomic E-state index is 12.2. The van der Waals surface area contributed by atoms with E-state index in [0.717, 1.165) is 6.07 Å². The second-order valence-corrected chi connectivity index (χ2v) is 5.36. The van der Waals surface area contributed by atoms with E-state index in [-0.39, 0.29) is 27.2 Å². The van der Waals surface area contributed by atoms with E-state index in [4.69, 9.17) is 23.2 Å². The summed E-state index contributed by atoms with van der Waals surface area (Å²) in [6.07, 6.45) is 0. The minimum absolute atomic E-state index is 0.00905. The fourth-order valence-corrected chi connectivity index (χ4v) is 1.90. The van der Waals surface area contributed by atoms with E-state index in [0.29, 0.717) is 13.1 Å². The molecule has 1 aromatic carbocycles. The molecule has 1 aromatic rings. The van der Waals surface area contributed by atoms with Gasteiger partial charge in [-0.2, -0.15) is 0 Å². The van der Waals surface area contributed by atoms with E-state index in [9.17, 15) is 14.9 Å². The molecule has 1 amide bonds. The molecule has 0 saturated carbocycles. The molecule has 20 heavy (non-hydrogen) atoms. The molecule has 0 atom stereocenters. The van der Waals surface area contributed by atoms with Crippen molar-refractivity contribution in [1.29, 1.82) is 0 Å². The van der Waals surface area contributed by atoms with Crippen molar-refractivity contribution in [3.63, 3.8) is 0 Å². The summed E-state index contributed by atoms with van der Waals surface area (Å²) in [6.45, 7) is 1.19. The lowest BCUT2D eigenvalue weighted by molar-refractivity contribution is -0.384. The van der Waals surface area contributed by atoms with Crippen LogP contribution in [0.25, 0.3) is 0 Å². The van der Waals surface area contributed by atoms with Crippen LogP contribution in [-0.4, -0.2) is 54.9 Å². The minimum Gasteiger partial charge on any atom is -0.340 e. The van der Waals surface area contributed by atoms with Crippen LogP contribution >= 0.6 is 23.2 Å². The molecule has 6 nitrogen and oxygen atoms in total. The van der Waals surface area contributed by atoms with Crippen molar-refractivity contribution in [3.05, 3.63) is 37.9 Å². The third-order valence-corrected chi connectivity index (χ3v) is 3.47. The molecule has 0 fully saturated rings. The van der Waals surface area contributed by atoms with Gasteiger partial charge >= 0.3 is 0 Å². The highest BCUT2D eigenvalue weighted by Crippen LogP contribution is 2.33. The number of rotatable bonds is 5. The van der Waals surface area contributed by atoms with Crippen LogP contribution in [0, 0.1) is 10.1 Å². The summed E-state index contributed by atoms with van der Waals surface area (Å²) in [6, 6.07) is 2.48. The van der Waals surface area contributed by atoms with Crippen LogP contribution in [0.15, 0.2) is 12.1 Å². The Kier molecular flexibility index (Phi) is 5.74. The molecular weight excluding hydrogens is 305 g/mol. The molecular formula is C12H15Cl2N3O3. The molecule has 0 spiro atoms. The van der Waals surface area contributed by atoms with Gasteiger partial charge in [-0.25, -0.2) is 0 Å². The number of amides is 1. The number of nitro benzene ring substituents is 1. The van der Waals surface area contributed by atoms with Gasteiger partial charge in [0.05, 0.1) is 9.95 Å². The van der Waals surface area contributed by atoms with Gasteiger partial charge in [-0.1, -0.05) is 23.2 Å². The van der Waals surface area contributed by atoms with Gasteiger partial charge in [-0.15, -0.1) is 0 Å². The quantitative estimate of drug-likeness (QED) is 0.618. The van der Waals surface area contributed by atoms with Crippen LogP contribution in [0.3, 0.4) is 0 Å². The van der Waals surface area contributed by atoms with Crippen LogP contribution in [-0.2, 0) is 0 Å². The average molecular weight is 320 g/mol. The summed E-state index contributed by atoms with van der Waals surface area (Å²) in [4.78, 5) is 25.8. The van der Waals surface area contributed by atoms with Gasteiger partial charge in [0.25, 0.3) is 11.6 Å². The van der Waals surface area contributed by atoms with Crippen molar-refractivity contribution >= 4 is 34.8 Å². The van der Waals surface area contributed by atoms with Gasteiger partial charge in [-0.05, 0) is 20.2 Å². The predicted octanol–water partition coefficient (Wildman–Crippen LogP) is 2.54. The highest BCUT2D eigenvalue weighted by Gasteiger charge is 2.21. The van der Waals surface area contributed by atoms with Gasteiger partial charge in [0, 0.05) is 31.8 Å². The third kappa shape index (κ3) is 4.06. The van der Waals surface area contributed by atoms with Crippen LogP contribution in [0.4, 0.5) is 5.69 Å². The van der Waals surface area contributed by atoms with Gasteiger partial charge in [0.2, 0.25) is 0 Å². The monoisotopic (exact) mass is 319 g/mol. The summed E-state index contributed by atoms with van der Waals surface area (Å²) >= 11 is 11.6. The van der Waals surface area contributed by atoms with Gasteiger partial charge in [-0.3, -0.25) is 14.9 Å². The van der Waals surface area contributed by atoms with E-state index in [1.54, 1.807) is 7.05 Å². The number of carbonyl (C=O) groups excluding carboxylic acids is 1. The van der Waals surface area contributed by atoms with E-state index in [1.165, 1.54) is 11.0 Å². The molecule has 0 unspecified atom stereocenters. The number of nitro groups is 1. The summed E-state index contributed by atoms with van der Waals surface area (Å²) in [7, 11) is 5.41. The lowest BCUT2D eigenvalue weighted by atomic mass is 10.1. The van der Waals surface area contributed by atoms with Crippen LogP contribution in [0.1, 0.15) is 10.4 Å². The molecule has 0 saturated heterocycles. The summed E-state index contributed by atoms with van der Waals surface area (Å²) in [5.41, 5.74) is -0.226. The number of carbonyl (C=O) groups is 1. The van der Waals surface area contributed by atoms with Gasteiger partial charge < -0.3 is 9.80 Å². The molecule has 0 aromatic heterocycles. The first-order valence-electron chi connectivity index (χ1n) is 5.77. The van der Waals surface area contributed by atoms with Crippen LogP contribution in [0.2, 0.25) is 10.0 Å². The maximum atomic E-state index is 12.2. The van der Waals surface area contributed by atoms with Crippen molar-refractivity contribution in [1.82, 2.24) is 9.80 Å². The third-order valence-electron chi connectivity index (χ3n) is 2.68. The smallest absolute Gasteiger partial charge is 0.290 e. The first kappa shape index (κ1) is 16.7. The first-order chi connectivity index (χ1) is 9.23. The number of hydrogen-bond donors (Lipinski definition) is 0. The molecule has 0 aliphatic carbocycles. The number of nitrogens with zero attached hydrogens (tertiary/aromatic N) is 3. The zero-order valence-electron chi connectivity index (χ0n) is 11.4. The molecule has 0 aliphatic rings. The van der Waals surface area contributed by atoms with Crippen LogP contribution < -0.4 is 0 Å². The second-order valence-electron chi connectivity index (χ2n) is 4.58. The Balaban J connectivity index is 3.02. The highest BCUT2D eigenvalue weighted by atomic mass is 35.5. The highest BCUT2D eigenvalue weighted by molar-refractivity contribution is 6.43. The number of benzene rings is 1. The predicted molar refractivity (Wildman–Crippen MR) is 78.6 cm³/mol. The Morgan fingerprint density at radius 2 is 1.85 bits per heavy atom. The SMILES string of the molecule is CN(C)CCN(C)C(=O)c1cc(Cl)c(Cl)c([N+](=O)[O-])c1.